The summed E-state index contributed by atoms with van der Waals surface area (Å²) >= 11 is 0. The van der Waals surface area contributed by atoms with Crippen LogP contribution in [-0.4, -0.2) is 42.5 Å². The average Bonchev–Trinajstić information content (AvgIpc) is 2.54. The number of hydrogen-bond acceptors (Lipinski definition) is 4. The zero-order chi connectivity index (χ0) is 16.3. The highest BCUT2D eigenvalue weighted by atomic mass is 32.2. The van der Waals surface area contributed by atoms with Crippen LogP contribution in [0.3, 0.4) is 0 Å². The number of likely N-dealkylation sites (tertiary alicyclic amines) is 1. The van der Waals surface area contributed by atoms with Crippen molar-refractivity contribution in [1.29, 1.82) is 0 Å². The summed E-state index contributed by atoms with van der Waals surface area (Å²) in [7, 11) is -3.48. The normalized spacial score (nSPS) is 19.0. The summed E-state index contributed by atoms with van der Waals surface area (Å²) in [6, 6.07) is 1.06. The molecule has 0 radical (unpaired) electrons. The van der Waals surface area contributed by atoms with Gasteiger partial charge < -0.3 is 9.88 Å². The van der Waals surface area contributed by atoms with Crippen LogP contribution in [-0.2, 0) is 9.84 Å². The third kappa shape index (κ3) is 3.14. The second-order valence-corrected chi connectivity index (χ2v) is 7.56. The zero-order valence-corrected chi connectivity index (χ0v) is 13.4. The number of aromatic amines is 1. The molecule has 2 heterocycles. The van der Waals surface area contributed by atoms with E-state index in [9.17, 15) is 18.0 Å². The molecule has 1 N–H and O–H groups in total. The van der Waals surface area contributed by atoms with Gasteiger partial charge in [0.15, 0.2) is 9.84 Å². The Labute approximate surface area is 129 Å². The van der Waals surface area contributed by atoms with Crippen molar-refractivity contribution in [1.82, 2.24) is 9.88 Å². The molecule has 1 aliphatic rings. The fraction of sp³-hybridized carbons (Fsp3) is 0.467. The molecule has 22 heavy (non-hydrogen) atoms. The molecule has 1 unspecified atom stereocenters. The molecule has 2 rings (SSSR count). The lowest BCUT2D eigenvalue weighted by Crippen LogP contribution is -2.44. The summed E-state index contributed by atoms with van der Waals surface area (Å²) in [5, 5.41) is 0. The predicted octanol–water partition coefficient (Wildman–Crippen LogP) is 1.35. The van der Waals surface area contributed by atoms with E-state index in [-0.39, 0.29) is 22.3 Å². The number of amides is 1. The number of rotatable bonds is 4. The first-order valence-electron chi connectivity index (χ1n) is 7.29. The molecule has 1 fully saturated rings. The Kier molecular flexibility index (Phi) is 4.85. The Bertz CT molecular complexity index is 736. The molecule has 1 aromatic heterocycles. The molecule has 1 atom stereocenters. The molecule has 1 amide bonds. The molecule has 6 nitrogen and oxygen atoms in total. The SMILES string of the molecule is C=CC1CCCCN1C(=O)c1cc(S(=O)(=O)CC)c[nH]c1=O. The van der Waals surface area contributed by atoms with E-state index in [4.69, 9.17) is 0 Å². The minimum absolute atomic E-state index is 0.0369. The number of pyridine rings is 1. The molecule has 120 valence electrons. The van der Waals surface area contributed by atoms with Crippen LogP contribution in [0.25, 0.3) is 0 Å². The zero-order valence-electron chi connectivity index (χ0n) is 12.5. The van der Waals surface area contributed by atoms with E-state index < -0.39 is 21.3 Å². The Balaban J connectivity index is 2.43. The Morgan fingerprint density at radius 3 is 2.86 bits per heavy atom. The number of H-pyrrole nitrogens is 1. The highest BCUT2D eigenvalue weighted by molar-refractivity contribution is 7.91. The lowest BCUT2D eigenvalue weighted by Gasteiger charge is -2.33. The van der Waals surface area contributed by atoms with Crippen LogP contribution >= 0.6 is 0 Å². The van der Waals surface area contributed by atoms with E-state index in [2.05, 4.69) is 11.6 Å². The number of aromatic nitrogens is 1. The topological polar surface area (TPSA) is 87.3 Å². The fourth-order valence-corrected chi connectivity index (χ4v) is 3.45. The summed E-state index contributed by atoms with van der Waals surface area (Å²) in [4.78, 5) is 28.5. The smallest absolute Gasteiger partial charge is 0.260 e. The van der Waals surface area contributed by atoms with Crippen molar-refractivity contribution in [3.05, 3.63) is 40.8 Å². The standard InChI is InChI=1S/C15H20N2O4S/c1-3-11-7-5-6-8-17(11)15(19)13-9-12(10-16-14(13)18)22(20,21)4-2/h3,9-11H,1,4-8H2,2H3,(H,16,18). The van der Waals surface area contributed by atoms with Crippen LogP contribution in [0, 0.1) is 0 Å². The van der Waals surface area contributed by atoms with Crippen LogP contribution < -0.4 is 5.56 Å². The molecule has 0 saturated carbocycles. The van der Waals surface area contributed by atoms with Gasteiger partial charge in [-0.3, -0.25) is 9.59 Å². The third-order valence-corrected chi connectivity index (χ3v) is 5.64. The maximum atomic E-state index is 12.6. The van der Waals surface area contributed by atoms with Crippen molar-refractivity contribution in [2.75, 3.05) is 12.3 Å². The molecule has 1 aliphatic heterocycles. The van der Waals surface area contributed by atoms with Crippen molar-refractivity contribution < 1.29 is 13.2 Å². The monoisotopic (exact) mass is 324 g/mol. The Morgan fingerprint density at radius 2 is 2.23 bits per heavy atom. The number of carbonyl (C=O) groups excluding carboxylic acids is 1. The molecule has 0 aliphatic carbocycles. The number of nitrogens with zero attached hydrogens (tertiary/aromatic N) is 1. The van der Waals surface area contributed by atoms with Crippen LogP contribution in [0.5, 0.6) is 0 Å². The van der Waals surface area contributed by atoms with Gasteiger partial charge in [-0.15, -0.1) is 6.58 Å². The second kappa shape index (κ2) is 6.48. The number of piperidine rings is 1. The van der Waals surface area contributed by atoms with Gasteiger partial charge in [-0.25, -0.2) is 8.42 Å². The van der Waals surface area contributed by atoms with Crippen molar-refractivity contribution in [2.24, 2.45) is 0 Å². The van der Waals surface area contributed by atoms with E-state index in [1.54, 1.807) is 11.0 Å². The first-order chi connectivity index (χ1) is 10.4. The third-order valence-electron chi connectivity index (χ3n) is 3.93. The lowest BCUT2D eigenvalue weighted by atomic mass is 10.0. The molecule has 0 spiro atoms. The molecule has 0 bridgehead atoms. The van der Waals surface area contributed by atoms with Crippen molar-refractivity contribution in [3.63, 3.8) is 0 Å². The highest BCUT2D eigenvalue weighted by Crippen LogP contribution is 2.20. The number of hydrogen-bond donors (Lipinski definition) is 1. The van der Waals surface area contributed by atoms with Crippen LogP contribution in [0.15, 0.2) is 34.6 Å². The number of nitrogens with one attached hydrogen (secondary N) is 1. The summed E-state index contributed by atoms with van der Waals surface area (Å²) in [6.45, 7) is 5.78. The number of sulfone groups is 1. The van der Waals surface area contributed by atoms with Crippen LogP contribution in [0.4, 0.5) is 0 Å². The Morgan fingerprint density at radius 1 is 1.50 bits per heavy atom. The largest absolute Gasteiger partial charge is 0.332 e. The summed E-state index contributed by atoms with van der Waals surface area (Å²) in [5.74, 6) is -0.537. The van der Waals surface area contributed by atoms with Gasteiger partial charge in [0.25, 0.3) is 11.5 Å². The predicted molar refractivity (Wildman–Crippen MR) is 83.7 cm³/mol. The van der Waals surface area contributed by atoms with E-state index >= 15 is 0 Å². The van der Waals surface area contributed by atoms with Crippen LogP contribution in [0.1, 0.15) is 36.5 Å². The lowest BCUT2D eigenvalue weighted by molar-refractivity contribution is 0.0662. The second-order valence-electron chi connectivity index (χ2n) is 5.28. The van der Waals surface area contributed by atoms with Gasteiger partial charge in [-0.1, -0.05) is 13.0 Å². The van der Waals surface area contributed by atoms with Crippen LogP contribution in [0.2, 0.25) is 0 Å². The van der Waals surface area contributed by atoms with E-state index in [0.717, 1.165) is 25.5 Å². The first kappa shape index (κ1) is 16.5. The summed E-state index contributed by atoms with van der Waals surface area (Å²) in [6.07, 6.45) is 5.50. The Hall–Kier alpha value is -1.89. The average molecular weight is 324 g/mol. The summed E-state index contributed by atoms with van der Waals surface area (Å²) in [5.41, 5.74) is -0.711. The van der Waals surface area contributed by atoms with E-state index in [1.165, 1.54) is 13.0 Å². The first-order valence-corrected chi connectivity index (χ1v) is 8.95. The van der Waals surface area contributed by atoms with Crippen molar-refractivity contribution >= 4 is 15.7 Å². The van der Waals surface area contributed by atoms with E-state index in [1.807, 2.05) is 0 Å². The van der Waals surface area contributed by atoms with Crippen molar-refractivity contribution in [2.45, 2.75) is 37.1 Å². The van der Waals surface area contributed by atoms with Gasteiger partial charge >= 0.3 is 0 Å². The fourth-order valence-electron chi connectivity index (χ4n) is 2.58. The van der Waals surface area contributed by atoms with Gasteiger partial charge in [0, 0.05) is 12.7 Å². The molecule has 0 aromatic carbocycles. The minimum Gasteiger partial charge on any atom is -0.332 e. The molecular weight excluding hydrogens is 304 g/mol. The van der Waals surface area contributed by atoms with Gasteiger partial charge in [0.05, 0.1) is 16.7 Å². The maximum Gasteiger partial charge on any atom is 0.260 e. The number of carbonyl (C=O) groups is 1. The maximum absolute atomic E-state index is 12.6. The molecule has 7 heteroatoms. The molecular formula is C15H20N2O4S. The molecule has 1 aromatic rings. The van der Waals surface area contributed by atoms with E-state index in [0.29, 0.717) is 6.54 Å². The van der Waals surface area contributed by atoms with Crippen molar-refractivity contribution in [3.8, 4) is 0 Å². The van der Waals surface area contributed by atoms with Gasteiger partial charge in [-0.2, -0.15) is 0 Å². The minimum atomic E-state index is -3.48. The van der Waals surface area contributed by atoms with Gasteiger partial charge in [0.2, 0.25) is 0 Å². The summed E-state index contributed by atoms with van der Waals surface area (Å²) < 4.78 is 23.8. The van der Waals surface area contributed by atoms with Gasteiger partial charge in [0.1, 0.15) is 5.56 Å². The van der Waals surface area contributed by atoms with Gasteiger partial charge in [-0.05, 0) is 25.3 Å². The highest BCUT2D eigenvalue weighted by Gasteiger charge is 2.28. The molecule has 1 saturated heterocycles. The quantitative estimate of drug-likeness (QED) is 0.847.